The highest BCUT2D eigenvalue weighted by Gasteiger charge is 2.29. The molecule has 0 aromatic rings. The van der Waals surface area contributed by atoms with Gasteiger partial charge in [0.05, 0.1) is 13.2 Å². The second-order valence-corrected chi connectivity index (χ2v) is 6.34. The number of nitrogens with one attached hydrogen (secondary N) is 1. The lowest BCUT2D eigenvalue weighted by atomic mass is 9.88. The standard InChI is InChI=1S/C15H30N2O3/c1-5-14(18)7-12-6-13(16-15(19)20-4)10-17(9-12)8-11(2)3/h11-14,18H,5-10H2,1-4H3,(H,16,19). The topological polar surface area (TPSA) is 61.8 Å². The van der Waals surface area contributed by atoms with Crippen molar-refractivity contribution in [3.8, 4) is 0 Å². The van der Waals surface area contributed by atoms with Gasteiger partial charge >= 0.3 is 6.09 Å². The van der Waals surface area contributed by atoms with Crippen LogP contribution in [0, 0.1) is 11.8 Å². The molecular weight excluding hydrogens is 256 g/mol. The molecule has 0 aromatic carbocycles. The van der Waals surface area contributed by atoms with E-state index in [0.29, 0.717) is 11.8 Å². The van der Waals surface area contributed by atoms with E-state index in [1.54, 1.807) is 0 Å². The number of likely N-dealkylation sites (tertiary alicyclic amines) is 1. The van der Waals surface area contributed by atoms with Gasteiger partial charge in [0, 0.05) is 25.7 Å². The number of alkyl carbamates (subject to hydrolysis) is 1. The molecule has 0 spiro atoms. The molecule has 0 aromatic heterocycles. The maximum Gasteiger partial charge on any atom is 0.407 e. The molecule has 0 bridgehead atoms. The number of aliphatic hydroxyl groups is 1. The Kier molecular flexibility index (Phi) is 7.30. The van der Waals surface area contributed by atoms with E-state index < -0.39 is 0 Å². The van der Waals surface area contributed by atoms with Crippen LogP contribution in [0.15, 0.2) is 0 Å². The summed E-state index contributed by atoms with van der Waals surface area (Å²) in [6.07, 6.45) is 1.91. The minimum atomic E-state index is -0.365. The lowest BCUT2D eigenvalue weighted by Crippen LogP contribution is -2.52. The van der Waals surface area contributed by atoms with Gasteiger partial charge in [-0.05, 0) is 31.1 Å². The van der Waals surface area contributed by atoms with Crippen molar-refractivity contribution in [2.45, 2.75) is 52.2 Å². The van der Waals surface area contributed by atoms with Crippen LogP contribution in [0.25, 0.3) is 0 Å². The molecule has 1 heterocycles. The number of hydrogen-bond acceptors (Lipinski definition) is 4. The van der Waals surface area contributed by atoms with Crippen LogP contribution in [-0.2, 0) is 4.74 Å². The predicted molar refractivity (Wildman–Crippen MR) is 79.6 cm³/mol. The number of hydrogen-bond donors (Lipinski definition) is 2. The third-order valence-corrected chi connectivity index (χ3v) is 3.82. The quantitative estimate of drug-likeness (QED) is 0.782. The average molecular weight is 286 g/mol. The number of nitrogens with zero attached hydrogens (tertiary/aromatic N) is 1. The Bertz CT molecular complexity index is 297. The summed E-state index contributed by atoms with van der Waals surface area (Å²) in [6, 6.07) is 0.115. The van der Waals surface area contributed by atoms with Crippen molar-refractivity contribution in [1.29, 1.82) is 0 Å². The number of carbonyl (C=O) groups is 1. The van der Waals surface area contributed by atoms with E-state index in [1.165, 1.54) is 7.11 Å². The number of piperidine rings is 1. The highest BCUT2D eigenvalue weighted by atomic mass is 16.5. The molecule has 118 valence electrons. The third-order valence-electron chi connectivity index (χ3n) is 3.82. The van der Waals surface area contributed by atoms with Crippen LogP contribution in [0.2, 0.25) is 0 Å². The normalized spacial score (nSPS) is 25.5. The molecule has 1 fully saturated rings. The van der Waals surface area contributed by atoms with E-state index in [2.05, 4.69) is 28.8 Å². The summed E-state index contributed by atoms with van der Waals surface area (Å²) in [5.41, 5.74) is 0. The Morgan fingerprint density at radius 1 is 1.45 bits per heavy atom. The zero-order valence-electron chi connectivity index (χ0n) is 13.3. The van der Waals surface area contributed by atoms with Crippen LogP contribution in [0.4, 0.5) is 4.79 Å². The number of methoxy groups -OCH3 is 1. The molecule has 0 aliphatic carbocycles. The molecule has 1 amide bonds. The molecule has 1 aliphatic rings. The number of rotatable bonds is 6. The first-order valence-corrected chi connectivity index (χ1v) is 7.69. The second kappa shape index (κ2) is 8.47. The van der Waals surface area contributed by atoms with Gasteiger partial charge in [-0.1, -0.05) is 20.8 Å². The molecule has 1 saturated heterocycles. The molecule has 0 saturated carbocycles. The van der Waals surface area contributed by atoms with E-state index in [1.807, 2.05) is 6.92 Å². The van der Waals surface area contributed by atoms with Crippen molar-refractivity contribution < 1.29 is 14.6 Å². The van der Waals surface area contributed by atoms with Crippen molar-refractivity contribution in [3.63, 3.8) is 0 Å². The molecule has 3 unspecified atom stereocenters. The fourth-order valence-corrected chi connectivity index (χ4v) is 3.02. The van der Waals surface area contributed by atoms with E-state index >= 15 is 0 Å². The summed E-state index contributed by atoms with van der Waals surface area (Å²) in [6.45, 7) is 9.31. The lowest BCUT2D eigenvalue weighted by molar-refractivity contribution is 0.0766. The van der Waals surface area contributed by atoms with Crippen molar-refractivity contribution in [1.82, 2.24) is 10.2 Å². The number of ether oxygens (including phenoxy) is 1. The van der Waals surface area contributed by atoms with Gasteiger partial charge in [0.15, 0.2) is 0 Å². The maximum absolute atomic E-state index is 11.4. The van der Waals surface area contributed by atoms with Gasteiger partial charge in [-0.3, -0.25) is 0 Å². The van der Waals surface area contributed by atoms with Crippen LogP contribution in [0.3, 0.4) is 0 Å². The van der Waals surface area contributed by atoms with Gasteiger partial charge in [-0.2, -0.15) is 0 Å². The minimum Gasteiger partial charge on any atom is -0.453 e. The monoisotopic (exact) mass is 286 g/mol. The Morgan fingerprint density at radius 2 is 2.15 bits per heavy atom. The third kappa shape index (κ3) is 6.09. The molecule has 3 atom stereocenters. The molecule has 20 heavy (non-hydrogen) atoms. The van der Waals surface area contributed by atoms with Gasteiger partial charge in [-0.15, -0.1) is 0 Å². The summed E-state index contributed by atoms with van der Waals surface area (Å²) in [5.74, 6) is 1.03. The minimum absolute atomic E-state index is 0.115. The molecular formula is C15H30N2O3. The Hall–Kier alpha value is -0.810. The summed E-state index contributed by atoms with van der Waals surface area (Å²) in [5, 5.41) is 12.8. The summed E-state index contributed by atoms with van der Waals surface area (Å²) in [7, 11) is 1.39. The lowest BCUT2D eigenvalue weighted by Gasteiger charge is -2.39. The smallest absolute Gasteiger partial charge is 0.407 e. The summed E-state index contributed by atoms with van der Waals surface area (Å²) in [4.78, 5) is 13.8. The largest absolute Gasteiger partial charge is 0.453 e. The molecule has 1 aliphatic heterocycles. The van der Waals surface area contributed by atoms with Crippen molar-refractivity contribution >= 4 is 6.09 Å². The molecule has 5 heteroatoms. The molecule has 0 radical (unpaired) electrons. The van der Waals surface area contributed by atoms with Crippen LogP contribution in [0.5, 0.6) is 0 Å². The van der Waals surface area contributed by atoms with Crippen LogP contribution >= 0.6 is 0 Å². The SMILES string of the molecule is CCC(O)CC1CC(NC(=O)OC)CN(CC(C)C)C1. The predicted octanol–water partition coefficient (Wildman–Crippen LogP) is 1.85. The summed E-state index contributed by atoms with van der Waals surface area (Å²) < 4.78 is 4.69. The molecule has 5 nitrogen and oxygen atoms in total. The van der Waals surface area contributed by atoms with Crippen LogP contribution in [-0.4, -0.2) is 55.0 Å². The van der Waals surface area contributed by atoms with Gasteiger partial charge in [0.1, 0.15) is 0 Å². The van der Waals surface area contributed by atoms with Gasteiger partial charge in [-0.25, -0.2) is 4.79 Å². The van der Waals surface area contributed by atoms with Crippen molar-refractivity contribution in [2.75, 3.05) is 26.7 Å². The second-order valence-electron chi connectivity index (χ2n) is 6.34. The first-order chi connectivity index (χ1) is 9.44. The van der Waals surface area contributed by atoms with Gasteiger partial charge in [0.2, 0.25) is 0 Å². The Balaban J connectivity index is 2.59. The Morgan fingerprint density at radius 3 is 2.70 bits per heavy atom. The zero-order valence-corrected chi connectivity index (χ0v) is 13.3. The first-order valence-electron chi connectivity index (χ1n) is 7.69. The molecule has 2 N–H and O–H groups in total. The van der Waals surface area contributed by atoms with E-state index in [-0.39, 0.29) is 18.2 Å². The average Bonchev–Trinajstić information content (AvgIpc) is 2.37. The fourth-order valence-electron chi connectivity index (χ4n) is 3.02. The van der Waals surface area contributed by atoms with Gasteiger partial charge < -0.3 is 20.1 Å². The van der Waals surface area contributed by atoms with Crippen molar-refractivity contribution in [3.05, 3.63) is 0 Å². The van der Waals surface area contributed by atoms with E-state index in [4.69, 9.17) is 0 Å². The van der Waals surface area contributed by atoms with Gasteiger partial charge in [0.25, 0.3) is 0 Å². The van der Waals surface area contributed by atoms with Crippen molar-refractivity contribution in [2.24, 2.45) is 11.8 Å². The summed E-state index contributed by atoms with van der Waals surface area (Å²) >= 11 is 0. The fraction of sp³-hybridized carbons (Fsp3) is 0.933. The van der Waals surface area contributed by atoms with Crippen LogP contribution < -0.4 is 5.32 Å². The number of amides is 1. The molecule has 1 rings (SSSR count). The number of aliphatic hydroxyl groups excluding tert-OH is 1. The highest BCUT2D eigenvalue weighted by Crippen LogP contribution is 2.23. The maximum atomic E-state index is 11.4. The van der Waals surface area contributed by atoms with E-state index in [0.717, 1.165) is 38.9 Å². The highest BCUT2D eigenvalue weighted by molar-refractivity contribution is 5.67. The first kappa shape index (κ1) is 17.2. The van der Waals surface area contributed by atoms with E-state index in [9.17, 15) is 9.90 Å². The van der Waals surface area contributed by atoms with Crippen LogP contribution in [0.1, 0.15) is 40.0 Å². The zero-order chi connectivity index (χ0) is 15.1. The Labute approximate surface area is 122 Å². The number of carbonyl (C=O) groups excluding carboxylic acids is 1.